The summed E-state index contributed by atoms with van der Waals surface area (Å²) >= 11 is 0.895. The highest BCUT2D eigenvalue weighted by atomic mass is 32.2. The zero-order valence-electron chi connectivity index (χ0n) is 14.6. The second kappa shape index (κ2) is 8.09. The largest absolute Gasteiger partial charge is 0.465 e. The molecule has 7 heteroatoms. The first kappa shape index (κ1) is 18.7. The Morgan fingerprint density at radius 3 is 2.56 bits per heavy atom. The molecule has 27 heavy (non-hydrogen) atoms. The average molecular weight is 382 g/mol. The molecule has 1 fully saturated rings. The molecule has 2 aromatic carbocycles. The standard InChI is InChI=1S/C20H18N2O4S/c1-12(21-19(24)25)9-14-3-2-4-16(10-14)15-7-5-13(6-8-15)11-17-18(23)22-20(26)27-17/h2-8,10-12,21H,9H2,1H3,(H,24,25)(H,22,23,26). The minimum Gasteiger partial charge on any atom is -0.465 e. The molecule has 3 rings (SSSR count). The molecule has 0 bridgehead atoms. The Bertz CT molecular complexity index is 922. The van der Waals surface area contributed by atoms with Gasteiger partial charge >= 0.3 is 6.09 Å². The highest BCUT2D eigenvalue weighted by molar-refractivity contribution is 8.18. The molecular formula is C20H18N2O4S. The van der Waals surface area contributed by atoms with E-state index in [0.717, 1.165) is 34.0 Å². The van der Waals surface area contributed by atoms with Crippen molar-refractivity contribution in [3.05, 3.63) is 64.6 Å². The molecule has 0 aliphatic carbocycles. The van der Waals surface area contributed by atoms with Crippen molar-refractivity contribution in [1.29, 1.82) is 0 Å². The average Bonchev–Trinajstić information content (AvgIpc) is 2.92. The first-order valence-electron chi connectivity index (χ1n) is 8.34. The number of imide groups is 1. The van der Waals surface area contributed by atoms with Crippen LogP contribution >= 0.6 is 11.8 Å². The van der Waals surface area contributed by atoms with Crippen molar-refractivity contribution in [3.63, 3.8) is 0 Å². The van der Waals surface area contributed by atoms with Crippen molar-refractivity contribution in [2.75, 3.05) is 0 Å². The Morgan fingerprint density at radius 2 is 1.93 bits per heavy atom. The molecule has 1 atom stereocenters. The van der Waals surface area contributed by atoms with E-state index in [1.54, 1.807) is 6.08 Å². The van der Waals surface area contributed by atoms with Gasteiger partial charge in [-0.15, -0.1) is 0 Å². The molecular weight excluding hydrogens is 364 g/mol. The van der Waals surface area contributed by atoms with Crippen LogP contribution in [0.1, 0.15) is 18.1 Å². The van der Waals surface area contributed by atoms with Gasteiger partial charge in [0.15, 0.2) is 0 Å². The van der Waals surface area contributed by atoms with Gasteiger partial charge in [0.1, 0.15) is 0 Å². The number of carbonyl (C=O) groups excluding carboxylic acids is 2. The lowest BCUT2D eigenvalue weighted by atomic mass is 9.99. The molecule has 6 nitrogen and oxygen atoms in total. The van der Waals surface area contributed by atoms with Crippen LogP contribution < -0.4 is 10.6 Å². The fourth-order valence-corrected chi connectivity index (χ4v) is 3.52. The number of rotatable bonds is 5. The first-order valence-corrected chi connectivity index (χ1v) is 9.16. The van der Waals surface area contributed by atoms with Crippen molar-refractivity contribution in [2.45, 2.75) is 19.4 Å². The topological polar surface area (TPSA) is 95.5 Å². The minimum absolute atomic E-state index is 0.176. The van der Waals surface area contributed by atoms with Crippen LogP contribution in [0.2, 0.25) is 0 Å². The maximum Gasteiger partial charge on any atom is 0.404 e. The van der Waals surface area contributed by atoms with Crippen LogP contribution in [0.5, 0.6) is 0 Å². The van der Waals surface area contributed by atoms with Crippen molar-refractivity contribution >= 4 is 35.1 Å². The predicted molar refractivity (Wildman–Crippen MR) is 105 cm³/mol. The van der Waals surface area contributed by atoms with Crippen LogP contribution in [-0.2, 0) is 11.2 Å². The van der Waals surface area contributed by atoms with Crippen molar-refractivity contribution in [2.24, 2.45) is 0 Å². The Kier molecular flexibility index (Phi) is 5.61. The SMILES string of the molecule is CC(Cc1cccc(-c2ccc(C=C3SC(=O)NC3=O)cc2)c1)NC(=O)O. The van der Waals surface area contributed by atoms with Gasteiger partial charge in [-0.3, -0.25) is 14.9 Å². The van der Waals surface area contributed by atoms with E-state index in [-0.39, 0.29) is 17.2 Å². The summed E-state index contributed by atoms with van der Waals surface area (Å²) in [6, 6.07) is 15.4. The monoisotopic (exact) mass is 382 g/mol. The highest BCUT2D eigenvalue weighted by Crippen LogP contribution is 2.27. The molecule has 0 aromatic heterocycles. The zero-order chi connectivity index (χ0) is 19.4. The van der Waals surface area contributed by atoms with Crippen LogP contribution in [0.4, 0.5) is 9.59 Å². The number of benzene rings is 2. The van der Waals surface area contributed by atoms with E-state index in [4.69, 9.17) is 5.11 Å². The molecule has 1 aliphatic heterocycles. The summed E-state index contributed by atoms with van der Waals surface area (Å²) in [4.78, 5) is 33.9. The molecule has 1 heterocycles. The summed E-state index contributed by atoms with van der Waals surface area (Å²) in [7, 11) is 0. The van der Waals surface area contributed by atoms with Crippen LogP contribution in [0.3, 0.4) is 0 Å². The molecule has 1 unspecified atom stereocenters. The summed E-state index contributed by atoms with van der Waals surface area (Å²) < 4.78 is 0. The molecule has 2 aromatic rings. The number of nitrogens with one attached hydrogen (secondary N) is 2. The minimum atomic E-state index is -1.03. The fraction of sp³-hybridized carbons (Fsp3) is 0.150. The van der Waals surface area contributed by atoms with Crippen molar-refractivity contribution in [1.82, 2.24) is 10.6 Å². The normalized spacial score (nSPS) is 16.3. The Morgan fingerprint density at radius 1 is 1.19 bits per heavy atom. The second-order valence-electron chi connectivity index (χ2n) is 6.23. The third-order valence-electron chi connectivity index (χ3n) is 4.02. The van der Waals surface area contributed by atoms with E-state index in [1.165, 1.54) is 0 Å². The lowest BCUT2D eigenvalue weighted by Crippen LogP contribution is -2.32. The Hall–Kier alpha value is -3.06. The lowest BCUT2D eigenvalue weighted by Gasteiger charge is -2.12. The summed E-state index contributed by atoms with van der Waals surface area (Å²) in [6.45, 7) is 1.82. The van der Waals surface area contributed by atoms with Gasteiger partial charge in [-0.1, -0.05) is 48.5 Å². The third kappa shape index (κ3) is 4.98. The van der Waals surface area contributed by atoms with Crippen LogP contribution in [0, 0.1) is 0 Å². The lowest BCUT2D eigenvalue weighted by molar-refractivity contribution is -0.115. The quantitative estimate of drug-likeness (QED) is 0.682. The number of thioether (sulfide) groups is 1. The third-order valence-corrected chi connectivity index (χ3v) is 4.83. The maximum atomic E-state index is 11.6. The van der Waals surface area contributed by atoms with Gasteiger partial charge in [-0.25, -0.2) is 4.79 Å². The molecule has 0 saturated carbocycles. The molecule has 3 N–H and O–H groups in total. The van der Waals surface area contributed by atoms with Gasteiger partial charge in [0.25, 0.3) is 11.1 Å². The van der Waals surface area contributed by atoms with E-state index in [2.05, 4.69) is 10.6 Å². The maximum absolute atomic E-state index is 11.6. The molecule has 0 spiro atoms. The summed E-state index contributed by atoms with van der Waals surface area (Å²) in [5, 5.41) is 13.1. The molecule has 1 aliphatic rings. The number of carbonyl (C=O) groups is 3. The van der Waals surface area contributed by atoms with E-state index in [9.17, 15) is 14.4 Å². The van der Waals surface area contributed by atoms with Gasteiger partial charge in [0.05, 0.1) is 4.91 Å². The molecule has 1 saturated heterocycles. The summed E-state index contributed by atoms with van der Waals surface area (Å²) in [5.74, 6) is -0.370. The van der Waals surface area contributed by atoms with E-state index in [1.807, 2.05) is 55.5 Å². The number of carboxylic acid groups (broad SMARTS) is 1. The molecule has 3 amide bonds. The highest BCUT2D eigenvalue weighted by Gasteiger charge is 2.24. The predicted octanol–water partition coefficient (Wildman–Crippen LogP) is 3.88. The molecule has 0 radical (unpaired) electrons. The van der Waals surface area contributed by atoms with Crippen molar-refractivity contribution < 1.29 is 19.5 Å². The van der Waals surface area contributed by atoms with Crippen LogP contribution in [0.15, 0.2) is 53.4 Å². The fourth-order valence-electron chi connectivity index (χ4n) is 2.84. The van der Waals surface area contributed by atoms with E-state index >= 15 is 0 Å². The van der Waals surface area contributed by atoms with Crippen LogP contribution in [0.25, 0.3) is 17.2 Å². The molecule has 138 valence electrons. The van der Waals surface area contributed by atoms with Crippen molar-refractivity contribution in [3.8, 4) is 11.1 Å². The number of hydrogen-bond acceptors (Lipinski definition) is 4. The summed E-state index contributed by atoms with van der Waals surface area (Å²) in [5.41, 5.74) is 3.91. The van der Waals surface area contributed by atoms with Gasteiger partial charge in [0.2, 0.25) is 0 Å². The van der Waals surface area contributed by atoms with Gasteiger partial charge in [-0.2, -0.15) is 0 Å². The van der Waals surface area contributed by atoms with Gasteiger partial charge < -0.3 is 10.4 Å². The van der Waals surface area contributed by atoms with E-state index in [0.29, 0.717) is 11.3 Å². The number of amides is 3. The zero-order valence-corrected chi connectivity index (χ0v) is 15.4. The van der Waals surface area contributed by atoms with E-state index < -0.39 is 6.09 Å². The number of hydrogen-bond donors (Lipinski definition) is 3. The second-order valence-corrected chi connectivity index (χ2v) is 7.24. The Balaban J connectivity index is 1.74. The van der Waals surface area contributed by atoms with Gasteiger partial charge in [-0.05, 0) is 53.4 Å². The van der Waals surface area contributed by atoms with Gasteiger partial charge in [0, 0.05) is 6.04 Å². The Labute approximate surface area is 160 Å². The first-order chi connectivity index (χ1) is 12.9. The summed E-state index contributed by atoms with van der Waals surface area (Å²) in [6.07, 6.45) is 1.26. The smallest absolute Gasteiger partial charge is 0.404 e. The van der Waals surface area contributed by atoms with Crippen LogP contribution in [-0.4, -0.2) is 28.4 Å².